The number of nitrogens with zero attached hydrogens (tertiary/aromatic N) is 4. The first-order valence-electron chi connectivity index (χ1n) is 10.0. The summed E-state index contributed by atoms with van der Waals surface area (Å²) < 4.78 is 7.16. The van der Waals surface area contributed by atoms with E-state index in [4.69, 9.17) is 15.5 Å². The van der Waals surface area contributed by atoms with E-state index in [1.54, 1.807) is 4.52 Å². The van der Waals surface area contributed by atoms with E-state index in [-0.39, 0.29) is 18.2 Å². The summed E-state index contributed by atoms with van der Waals surface area (Å²) in [5.74, 6) is 0.927. The quantitative estimate of drug-likeness (QED) is 0.817. The van der Waals surface area contributed by atoms with Crippen LogP contribution >= 0.6 is 0 Å². The van der Waals surface area contributed by atoms with Gasteiger partial charge in [0.15, 0.2) is 5.65 Å². The van der Waals surface area contributed by atoms with Crippen LogP contribution in [-0.2, 0) is 4.74 Å². The Labute approximate surface area is 166 Å². The Morgan fingerprint density at radius 1 is 1.46 bits per heavy atom. The number of carbonyl (C=O) groups is 1. The minimum Gasteiger partial charge on any atom is -0.444 e. The first kappa shape index (κ1) is 20.4. The minimum atomic E-state index is -0.496. The lowest BCUT2D eigenvalue weighted by Crippen LogP contribution is -2.40. The molecule has 0 aliphatic carbocycles. The molecule has 1 saturated heterocycles. The number of fused-ring (bicyclic) bond motifs is 1. The maximum Gasteiger partial charge on any atom is 0.407 e. The number of hydrogen-bond acceptors (Lipinski definition) is 6. The molecular formula is C20H32N6O2. The lowest BCUT2D eigenvalue weighted by Gasteiger charge is -2.22. The number of carbonyl (C=O) groups excluding carboxylic acids is 1. The normalized spacial score (nSPS) is 18.5. The van der Waals surface area contributed by atoms with Gasteiger partial charge in [-0.3, -0.25) is 0 Å². The molecule has 1 aliphatic heterocycles. The fourth-order valence-electron chi connectivity index (χ4n) is 3.52. The van der Waals surface area contributed by atoms with Crippen LogP contribution in [-0.4, -0.2) is 45.4 Å². The van der Waals surface area contributed by atoms with Crippen molar-refractivity contribution >= 4 is 17.6 Å². The van der Waals surface area contributed by atoms with E-state index in [1.165, 1.54) is 0 Å². The molecule has 1 amide bonds. The predicted molar refractivity (Wildman–Crippen MR) is 110 cm³/mol. The summed E-state index contributed by atoms with van der Waals surface area (Å²) in [5, 5.41) is 7.55. The number of anilines is 1. The molecule has 3 heterocycles. The summed E-state index contributed by atoms with van der Waals surface area (Å²) in [4.78, 5) is 19.1. The number of aromatic nitrogens is 3. The minimum absolute atomic E-state index is 0.0470. The zero-order chi connectivity index (χ0) is 20.5. The van der Waals surface area contributed by atoms with Crippen LogP contribution in [0.2, 0.25) is 0 Å². The van der Waals surface area contributed by atoms with Gasteiger partial charge >= 0.3 is 6.09 Å². The van der Waals surface area contributed by atoms with Crippen molar-refractivity contribution in [1.29, 1.82) is 0 Å². The van der Waals surface area contributed by atoms with Crippen molar-refractivity contribution in [2.75, 3.05) is 18.0 Å². The summed E-state index contributed by atoms with van der Waals surface area (Å²) in [6.45, 7) is 11.3. The standard InChI is InChI=1S/C20H32N6O2/c1-6-7-15(21)16-10-17-23-18(13(2)11-26(17)24-16)25-9-8-14(12-25)22-19(27)28-20(3,4)5/h10-11,14-15H,6-9,12,21H2,1-5H3,(H,22,27)/t14-,15-/m0/s1. The molecule has 8 nitrogen and oxygen atoms in total. The Kier molecular flexibility index (Phi) is 5.79. The number of rotatable bonds is 5. The molecule has 0 saturated carbocycles. The number of nitrogens with one attached hydrogen (secondary N) is 1. The molecule has 1 fully saturated rings. The van der Waals surface area contributed by atoms with Gasteiger partial charge < -0.3 is 20.7 Å². The van der Waals surface area contributed by atoms with Gasteiger partial charge in [-0.05, 0) is 40.5 Å². The molecule has 28 heavy (non-hydrogen) atoms. The van der Waals surface area contributed by atoms with E-state index in [1.807, 2.05) is 40.0 Å². The van der Waals surface area contributed by atoms with Gasteiger partial charge in [-0.25, -0.2) is 14.3 Å². The third-order valence-corrected chi connectivity index (χ3v) is 4.81. The largest absolute Gasteiger partial charge is 0.444 e. The lowest BCUT2D eigenvalue weighted by molar-refractivity contribution is 0.0509. The van der Waals surface area contributed by atoms with Gasteiger partial charge in [0.2, 0.25) is 0 Å². The van der Waals surface area contributed by atoms with Gasteiger partial charge in [0.25, 0.3) is 0 Å². The molecule has 3 N–H and O–H groups in total. The van der Waals surface area contributed by atoms with E-state index in [2.05, 4.69) is 22.2 Å². The highest BCUT2D eigenvalue weighted by atomic mass is 16.6. The monoisotopic (exact) mass is 388 g/mol. The lowest BCUT2D eigenvalue weighted by atomic mass is 10.1. The van der Waals surface area contributed by atoms with Crippen LogP contribution in [0.25, 0.3) is 5.65 Å². The summed E-state index contributed by atoms with van der Waals surface area (Å²) in [6.07, 6.45) is 4.41. The highest BCUT2D eigenvalue weighted by molar-refractivity contribution is 5.68. The number of hydrogen-bond donors (Lipinski definition) is 2. The van der Waals surface area contributed by atoms with Crippen molar-refractivity contribution in [3.8, 4) is 0 Å². The molecule has 2 atom stereocenters. The summed E-state index contributed by atoms with van der Waals surface area (Å²) in [7, 11) is 0. The van der Waals surface area contributed by atoms with Gasteiger partial charge in [0, 0.05) is 37.0 Å². The van der Waals surface area contributed by atoms with Gasteiger partial charge in [-0.15, -0.1) is 0 Å². The van der Waals surface area contributed by atoms with Crippen molar-refractivity contribution in [3.63, 3.8) is 0 Å². The smallest absolute Gasteiger partial charge is 0.407 e. The van der Waals surface area contributed by atoms with Crippen LogP contribution in [0.5, 0.6) is 0 Å². The first-order chi connectivity index (χ1) is 13.2. The van der Waals surface area contributed by atoms with E-state index in [0.717, 1.165) is 48.5 Å². The van der Waals surface area contributed by atoms with E-state index in [0.29, 0.717) is 6.54 Å². The second kappa shape index (κ2) is 7.95. The molecule has 0 radical (unpaired) electrons. The third kappa shape index (κ3) is 4.73. The van der Waals surface area contributed by atoms with Crippen molar-refractivity contribution in [2.24, 2.45) is 5.73 Å². The molecule has 2 aromatic heterocycles. The molecule has 1 aliphatic rings. The molecular weight excluding hydrogens is 356 g/mol. The molecule has 8 heteroatoms. The Morgan fingerprint density at radius 3 is 2.89 bits per heavy atom. The van der Waals surface area contributed by atoms with Gasteiger partial charge in [0.05, 0.1) is 11.7 Å². The number of aryl methyl sites for hydroxylation is 1. The number of alkyl carbamates (subject to hydrolysis) is 1. The van der Waals surface area contributed by atoms with Crippen molar-refractivity contribution in [1.82, 2.24) is 19.9 Å². The topological polar surface area (TPSA) is 97.8 Å². The van der Waals surface area contributed by atoms with Crippen molar-refractivity contribution in [2.45, 2.75) is 71.6 Å². The number of amides is 1. The summed E-state index contributed by atoms with van der Waals surface area (Å²) >= 11 is 0. The Morgan fingerprint density at radius 2 is 2.21 bits per heavy atom. The second-order valence-corrected chi connectivity index (χ2v) is 8.59. The first-order valence-corrected chi connectivity index (χ1v) is 10.0. The zero-order valence-electron chi connectivity index (χ0n) is 17.5. The van der Waals surface area contributed by atoms with Gasteiger partial charge in [-0.2, -0.15) is 5.10 Å². The SMILES string of the molecule is CCC[C@H](N)c1cc2nc(N3CC[C@H](NC(=O)OC(C)(C)C)C3)c(C)cn2n1. The van der Waals surface area contributed by atoms with Crippen molar-refractivity contribution < 1.29 is 9.53 Å². The van der Waals surface area contributed by atoms with Gasteiger partial charge in [0.1, 0.15) is 11.4 Å². The van der Waals surface area contributed by atoms with Crippen LogP contribution in [0.15, 0.2) is 12.3 Å². The molecule has 0 bridgehead atoms. The predicted octanol–water partition coefficient (Wildman–Crippen LogP) is 2.94. The van der Waals surface area contributed by atoms with Crippen LogP contribution in [0.1, 0.15) is 64.3 Å². The molecule has 154 valence electrons. The fraction of sp³-hybridized carbons (Fsp3) is 0.650. The van der Waals surface area contributed by atoms with Gasteiger partial charge in [-0.1, -0.05) is 13.3 Å². The zero-order valence-corrected chi connectivity index (χ0v) is 17.5. The highest BCUT2D eigenvalue weighted by Gasteiger charge is 2.28. The second-order valence-electron chi connectivity index (χ2n) is 8.59. The van der Waals surface area contributed by atoms with E-state index in [9.17, 15) is 4.79 Å². The highest BCUT2D eigenvalue weighted by Crippen LogP contribution is 2.24. The third-order valence-electron chi connectivity index (χ3n) is 4.81. The average Bonchev–Trinajstić information content (AvgIpc) is 3.18. The molecule has 0 spiro atoms. The molecule has 3 rings (SSSR count). The summed E-state index contributed by atoms with van der Waals surface area (Å²) in [6, 6.07) is 1.95. The summed E-state index contributed by atoms with van der Waals surface area (Å²) in [5.41, 5.74) is 8.43. The van der Waals surface area contributed by atoms with Crippen LogP contribution in [0.4, 0.5) is 10.6 Å². The molecule has 2 aromatic rings. The van der Waals surface area contributed by atoms with Crippen LogP contribution < -0.4 is 16.0 Å². The Bertz CT molecular complexity index is 841. The molecule has 0 aromatic carbocycles. The fourth-order valence-corrected chi connectivity index (χ4v) is 3.52. The van der Waals surface area contributed by atoms with E-state index < -0.39 is 5.60 Å². The number of ether oxygens (including phenoxy) is 1. The van der Waals surface area contributed by atoms with Crippen LogP contribution in [0, 0.1) is 6.92 Å². The maximum atomic E-state index is 12.0. The maximum absolute atomic E-state index is 12.0. The van der Waals surface area contributed by atoms with Crippen LogP contribution in [0.3, 0.4) is 0 Å². The van der Waals surface area contributed by atoms with Crippen molar-refractivity contribution in [3.05, 3.63) is 23.5 Å². The number of nitrogens with two attached hydrogens (primary N) is 1. The van der Waals surface area contributed by atoms with E-state index >= 15 is 0 Å². The Balaban J connectivity index is 1.71. The molecule has 0 unspecified atom stereocenters. The average molecular weight is 389 g/mol. The Hall–Kier alpha value is -2.35.